The van der Waals surface area contributed by atoms with Gasteiger partial charge in [0.1, 0.15) is 5.60 Å². The number of carbonyl (C=O) groups excluding carboxylic acids is 1. The molecule has 9 nitrogen and oxygen atoms in total. The standard InChI is InChI=1S/C35H37Cl2N5O4S/c1-20-14-21(2)16-22(15-20)17-29(39-34(43)46-35(3,4)5)31-26(18-23(19-38-31)24-10-8-9-11-27(24)36)25-12-13-28(37)30-32(25)42(6)40-33(30)41-47(7,44)45/h8-16,18-19,29H,17H2,1-7H3,(H,39,43)(H,40,41). The molecule has 246 valence electrons. The third-order valence-corrected chi connectivity index (χ3v) is 8.56. The quantitative estimate of drug-likeness (QED) is 0.169. The Balaban J connectivity index is 1.79. The minimum atomic E-state index is -3.66. The highest BCUT2D eigenvalue weighted by molar-refractivity contribution is 7.92. The number of hydrogen-bond donors (Lipinski definition) is 2. The Morgan fingerprint density at radius 2 is 1.64 bits per heavy atom. The van der Waals surface area contributed by atoms with Crippen LogP contribution in [0.2, 0.25) is 10.0 Å². The van der Waals surface area contributed by atoms with E-state index in [0.717, 1.165) is 34.1 Å². The molecule has 5 rings (SSSR count). The molecular formula is C35H37Cl2N5O4S. The van der Waals surface area contributed by atoms with E-state index >= 15 is 0 Å². The monoisotopic (exact) mass is 693 g/mol. The number of rotatable bonds is 8. The number of carbonyl (C=O) groups is 1. The van der Waals surface area contributed by atoms with E-state index in [1.807, 2.05) is 71.0 Å². The van der Waals surface area contributed by atoms with Gasteiger partial charge in [-0.3, -0.25) is 14.4 Å². The fraction of sp³-hybridized carbons (Fsp3) is 0.286. The van der Waals surface area contributed by atoms with E-state index in [0.29, 0.717) is 44.2 Å². The number of benzene rings is 3. The number of sulfonamides is 1. The van der Waals surface area contributed by atoms with Gasteiger partial charge in [-0.2, -0.15) is 5.10 Å². The van der Waals surface area contributed by atoms with Crippen molar-refractivity contribution in [2.24, 2.45) is 7.05 Å². The highest BCUT2D eigenvalue weighted by Crippen LogP contribution is 2.41. The molecule has 1 atom stereocenters. The Hall–Kier alpha value is -4.12. The Bertz CT molecular complexity index is 2090. The lowest BCUT2D eigenvalue weighted by atomic mass is 9.91. The maximum absolute atomic E-state index is 13.3. The molecule has 5 aromatic rings. The second kappa shape index (κ2) is 13.2. The molecule has 0 saturated carbocycles. The van der Waals surface area contributed by atoms with E-state index in [4.69, 9.17) is 32.9 Å². The maximum atomic E-state index is 13.3. The normalized spacial score (nSPS) is 12.6. The van der Waals surface area contributed by atoms with Gasteiger partial charge in [0.25, 0.3) is 0 Å². The number of amides is 1. The third kappa shape index (κ3) is 8.06. The Labute approximate surface area is 285 Å². The Kier molecular flexibility index (Phi) is 9.59. The van der Waals surface area contributed by atoms with Gasteiger partial charge in [-0.05, 0) is 64.8 Å². The van der Waals surface area contributed by atoms with Crippen LogP contribution in [0.15, 0.2) is 66.9 Å². The predicted octanol–water partition coefficient (Wildman–Crippen LogP) is 8.41. The summed E-state index contributed by atoms with van der Waals surface area (Å²) >= 11 is 13.3. The summed E-state index contributed by atoms with van der Waals surface area (Å²) in [5.41, 5.74) is 6.48. The van der Waals surface area contributed by atoms with Crippen LogP contribution in [0.5, 0.6) is 0 Å². The molecule has 0 spiro atoms. The number of aryl methyl sites for hydroxylation is 3. The highest BCUT2D eigenvalue weighted by atomic mass is 35.5. The first kappa shape index (κ1) is 34.2. The average Bonchev–Trinajstić information content (AvgIpc) is 3.26. The summed E-state index contributed by atoms with van der Waals surface area (Å²) < 4.78 is 34.2. The second-order valence-corrected chi connectivity index (χ2v) is 15.3. The molecule has 0 aliphatic rings. The minimum absolute atomic E-state index is 0.104. The number of halogens is 2. The zero-order valence-corrected chi connectivity index (χ0v) is 29.6. The van der Waals surface area contributed by atoms with Gasteiger partial charge in [-0.25, -0.2) is 13.2 Å². The predicted molar refractivity (Wildman–Crippen MR) is 190 cm³/mol. The van der Waals surface area contributed by atoms with Crippen LogP contribution in [0.25, 0.3) is 33.2 Å². The van der Waals surface area contributed by atoms with E-state index in [1.165, 1.54) is 0 Å². The minimum Gasteiger partial charge on any atom is -0.444 e. The SMILES string of the molecule is Cc1cc(C)cc(CC(NC(=O)OC(C)(C)C)c2ncc(-c3ccccc3Cl)cc2-c2ccc(Cl)c3c(NS(C)(=O)=O)nn(C)c23)c1. The first-order valence-corrected chi connectivity index (χ1v) is 17.6. The van der Waals surface area contributed by atoms with Gasteiger partial charge in [0, 0.05) is 40.5 Å². The molecule has 3 aromatic carbocycles. The van der Waals surface area contributed by atoms with Gasteiger partial charge in [-0.15, -0.1) is 0 Å². The van der Waals surface area contributed by atoms with Crippen LogP contribution in [0.4, 0.5) is 10.6 Å². The van der Waals surface area contributed by atoms with Crippen molar-refractivity contribution in [3.63, 3.8) is 0 Å². The van der Waals surface area contributed by atoms with Crippen molar-refractivity contribution in [1.82, 2.24) is 20.1 Å². The third-order valence-electron chi connectivity index (χ3n) is 7.36. The molecule has 1 unspecified atom stereocenters. The molecule has 1 amide bonds. The summed E-state index contributed by atoms with van der Waals surface area (Å²) in [5.74, 6) is 0.104. The number of aromatic nitrogens is 3. The first-order chi connectivity index (χ1) is 22.0. The molecule has 0 aliphatic carbocycles. The van der Waals surface area contributed by atoms with Crippen LogP contribution in [-0.4, -0.2) is 41.1 Å². The Morgan fingerprint density at radius 3 is 2.28 bits per heavy atom. The molecule has 12 heteroatoms. The summed E-state index contributed by atoms with van der Waals surface area (Å²) in [7, 11) is -1.95. The lowest BCUT2D eigenvalue weighted by Gasteiger charge is -2.25. The van der Waals surface area contributed by atoms with E-state index < -0.39 is 27.8 Å². The van der Waals surface area contributed by atoms with Gasteiger partial charge < -0.3 is 10.1 Å². The smallest absolute Gasteiger partial charge is 0.408 e. The van der Waals surface area contributed by atoms with Crippen molar-refractivity contribution in [3.05, 3.63) is 99.3 Å². The summed E-state index contributed by atoms with van der Waals surface area (Å²) in [4.78, 5) is 18.3. The van der Waals surface area contributed by atoms with Crippen molar-refractivity contribution in [1.29, 1.82) is 0 Å². The molecule has 0 saturated heterocycles. The number of anilines is 1. The second-order valence-electron chi connectivity index (χ2n) is 12.7. The highest BCUT2D eigenvalue weighted by Gasteiger charge is 2.27. The number of nitrogens with zero attached hydrogens (tertiary/aromatic N) is 3. The summed E-state index contributed by atoms with van der Waals surface area (Å²) in [6.07, 6.45) is 2.62. The van der Waals surface area contributed by atoms with Crippen LogP contribution in [0.3, 0.4) is 0 Å². The molecule has 2 aromatic heterocycles. The fourth-order valence-electron chi connectivity index (χ4n) is 5.74. The molecule has 0 fully saturated rings. The fourth-order valence-corrected chi connectivity index (χ4v) is 6.72. The van der Waals surface area contributed by atoms with Crippen LogP contribution in [-0.2, 0) is 28.2 Å². The number of nitrogens with one attached hydrogen (secondary N) is 2. The number of ether oxygens (including phenoxy) is 1. The maximum Gasteiger partial charge on any atom is 0.408 e. The molecule has 0 aliphatic heterocycles. The number of hydrogen-bond acceptors (Lipinski definition) is 6. The van der Waals surface area contributed by atoms with E-state index in [2.05, 4.69) is 33.3 Å². The summed E-state index contributed by atoms with van der Waals surface area (Å²) in [6.45, 7) is 9.49. The number of pyridine rings is 1. The first-order valence-electron chi connectivity index (χ1n) is 14.9. The van der Waals surface area contributed by atoms with Crippen molar-refractivity contribution in [3.8, 4) is 22.3 Å². The number of fused-ring (bicyclic) bond motifs is 1. The zero-order chi connectivity index (χ0) is 34.3. The van der Waals surface area contributed by atoms with Crippen molar-refractivity contribution < 1.29 is 17.9 Å². The average molecular weight is 695 g/mol. The van der Waals surface area contributed by atoms with Crippen molar-refractivity contribution in [2.75, 3.05) is 11.0 Å². The molecular weight excluding hydrogens is 657 g/mol. The van der Waals surface area contributed by atoms with Crippen molar-refractivity contribution in [2.45, 2.75) is 52.7 Å². The van der Waals surface area contributed by atoms with E-state index in [1.54, 1.807) is 24.0 Å². The van der Waals surface area contributed by atoms with Crippen LogP contribution < -0.4 is 10.0 Å². The summed E-state index contributed by atoms with van der Waals surface area (Å²) in [6, 6.07) is 18.6. The van der Waals surface area contributed by atoms with Gasteiger partial charge in [0.05, 0.1) is 33.9 Å². The number of alkyl carbamates (subject to hydrolysis) is 1. The molecule has 2 heterocycles. The van der Waals surface area contributed by atoms with Gasteiger partial charge >= 0.3 is 6.09 Å². The van der Waals surface area contributed by atoms with Gasteiger partial charge in [0.2, 0.25) is 10.0 Å². The van der Waals surface area contributed by atoms with E-state index in [9.17, 15) is 13.2 Å². The van der Waals surface area contributed by atoms with Gasteiger partial charge in [0.15, 0.2) is 5.82 Å². The van der Waals surface area contributed by atoms with Gasteiger partial charge in [-0.1, -0.05) is 76.8 Å². The zero-order valence-electron chi connectivity index (χ0n) is 27.3. The van der Waals surface area contributed by atoms with Crippen LogP contribution in [0, 0.1) is 13.8 Å². The Morgan fingerprint density at radius 1 is 0.957 bits per heavy atom. The molecule has 47 heavy (non-hydrogen) atoms. The van der Waals surface area contributed by atoms with Crippen LogP contribution in [0.1, 0.15) is 49.2 Å². The van der Waals surface area contributed by atoms with Crippen LogP contribution >= 0.6 is 23.2 Å². The largest absolute Gasteiger partial charge is 0.444 e. The molecule has 2 N–H and O–H groups in total. The summed E-state index contributed by atoms with van der Waals surface area (Å²) in [5, 5.41) is 8.85. The lowest BCUT2D eigenvalue weighted by Crippen LogP contribution is -2.36. The van der Waals surface area contributed by atoms with Crippen molar-refractivity contribution >= 4 is 56.0 Å². The lowest BCUT2D eigenvalue weighted by molar-refractivity contribution is 0.0502. The topological polar surface area (TPSA) is 115 Å². The van der Waals surface area contributed by atoms with E-state index in [-0.39, 0.29) is 5.82 Å². The molecule has 0 radical (unpaired) electrons. The molecule has 0 bridgehead atoms.